The van der Waals surface area contributed by atoms with Crippen molar-refractivity contribution in [2.75, 3.05) is 6.61 Å². The van der Waals surface area contributed by atoms with Gasteiger partial charge in [-0.2, -0.15) is 0 Å². The molecule has 1 aliphatic carbocycles. The highest BCUT2D eigenvalue weighted by molar-refractivity contribution is 7.19. The van der Waals surface area contributed by atoms with Gasteiger partial charge in [0.15, 0.2) is 0 Å². The molecule has 5 atom stereocenters. The van der Waals surface area contributed by atoms with Crippen molar-refractivity contribution in [3.63, 3.8) is 0 Å². The predicted octanol–water partition coefficient (Wildman–Crippen LogP) is 3.33. The van der Waals surface area contributed by atoms with Gasteiger partial charge in [0.1, 0.15) is 36.3 Å². The van der Waals surface area contributed by atoms with E-state index in [0.29, 0.717) is 17.7 Å². The summed E-state index contributed by atoms with van der Waals surface area (Å²) in [6.45, 7) is -0.457. The van der Waals surface area contributed by atoms with E-state index in [-0.39, 0.29) is 6.10 Å². The number of thiophene rings is 1. The Labute approximate surface area is 197 Å². The van der Waals surface area contributed by atoms with Gasteiger partial charge < -0.3 is 29.9 Å². The summed E-state index contributed by atoms with van der Waals surface area (Å²) in [6.07, 6.45) is -0.973. The minimum Gasteiger partial charge on any atom is -0.490 e. The molecule has 1 saturated carbocycles. The molecule has 1 aromatic heterocycles. The minimum atomic E-state index is -1.42. The molecule has 2 aromatic carbocycles. The molecule has 3 aromatic rings. The van der Waals surface area contributed by atoms with E-state index in [0.717, 1.165) is 31.2 Å². The first-order valence-electron chi connectivity index (χ1n) is 11.6. The second kappa shape index (κ2) is 9.70. The maximum atomic E-state index is 10.8. The lowest BCUT2D eigenvalue weighted by Crippen LogP contribution is -2.55. The average molecular weight is 471 g/mol. The summed E-state index contributed by atoms with van der Waals surface area (Å²) < 4.78 is 13.4. The van der Waals surface area contributed by atoms with Gasteiger partial charge in [-0.25, -0.2) is 0 Å². The van der Waals surface area contributed by atoms with E-state index in [1.54, 1.807) is 11.3 Å². The Morgan fingerprint density at radius 1 is 0.939 bits per heavy atom. The summed E-state index contributed by atoms with van der Waals surface area (Å²) in [7, 11) is 0. The molecule has 0 amide bonds. The van der Waals surface area contributed by atoms with Gasteiger partial charge in [0.2, 0.25) is 0 Å². The highest BCUT2D eigenvalue weighted by Crippen LogP contribution is 2.39. The number of hydrogen-bond donors (Lipinski definition) is 4. The van der Waals surface area contributed by atoms with Crippen molar-refractivity contribution in [3.8, 4) is 5.75 Å². The van der Waals surface area contributed by atoms with E-state index in [2.05, 4.69) is 18.2 Å². The van der Waals surface area contributed by atoms with Crippen LogP contribution in [0.1, 0.15) is 47.8 Å². The fourth-order valence-corrected chi connectivity index (χ4v) is 6.01. The summed E-state index contributed by atoms with van der Waals surface area (Å²) >= 11 is 1.75. The van der Waals surface area contributed by atoms with Crippen molar-refractivity contribution in [3.05, 3.63) is 64.5 Å². The smallest absolute Gasteiger partial charge is 0.125 e. The van der Waals surface area contributed by atoms with E-state index in [9.17, 15) is 20.4 Å². The quantitative estimate of drug-likeness (QED) is 0.441. The van der Waals surface area contributed by atoms with E-state index in [1.807, 2.05) is 30.3 Å². The summed E-state index contributed by atoms with van der Waals surface area (Å²) in [5, 5.41) is 42.2. The molecule has 1 aliphatic heterocycles. The van der Waals surface area contributed by atoms with Crippen LogP contribution in [0.2, 0.25) is 0 Å². The first-order valence-corrected chi connectivity index (χ1v) is 12.4. The van der Waals surface area contributed by atoms with Gasteiger partial charge in [0, 0.05) is 21.6 Å². The fraction of sp³-hybridized carbons (Fsp3) is 0.462. The van der Waals surface area contributed by atoms with Crippen LogP contribution < -0.4 is 4.74 Å². The molecule has 1 saturated heterocycles. The second-order valence-electron chi connectivity index (χ2n) is 9.07. The van der Waals surface area contributed by atoms with Crippen LogP contribution in [0.5, 0.6) is 5.75 Å². The van der Waals surface area contributed by atoms with Gasteiger partial charge in [-0.05, 0) is 60.9 Å². The molecule has 2 fully saturated rings. The number of aliphatic hydroxyl groups excluding tert-OH is 4. The van der Waals surface area contributed by atoms with Gasteiger partial charge >= 0.3 is 0 Å². The van der Waals surface area contributed by atoms with Crippen LogP contribution in [-0.4, -0.2) is 57.6 Å². The van der Waals surface area contributed by atoms with Crippen LogP contribution >= 0.6 is 11.3 Å². The summed E-state index contributed by atoms with van der Waals surface area (Å²) in [5.74, 6) is 0.617. The van der Waals surface area contributed by atoms with Crippen LogP contribution in [0.3, 0.4) is 0 Å². The molecule has 5 rings (SSSR count). The average Bonchev–Trinajstić information content (AvgIpc) is 3.48. The Morgan fingerprint density at radius 2 is 1.73 bits per heavy atom. The molecule has 4 N–H and O–H groups in total. The molecule has 7 heteroatoms. The number of ether oxygens (including phenoxy) is 2. The molecule has 2 heterocycles. The molecule has 0 spiro atoms. The third-order valence-corrected chi connectivity index (χ3v) is 7.84. The number of fused-ring (bicyclic) bond motifs is 1. The molecule has 0 radical (unpaired) electrons. The van der Waals surface area contributed by atoms with Crippen molar-refractivity contribution in [2.45, 2.75) is 68.7 Å². The summed E-state index contributed by atoms with van der Waals surface area (Å²) in [4.78, 5) is 1.22. The zero-order chi connectivity index (χ0) is 22.9. The molecular formula is C26H30O6S. The fourth-order valence-electron chi connectivity index (χ4n) is 4.91. The maximum absolute atomic E-state index is 10.8. The molecular weight excluding hydrogens is 440 g/mol. The van der Waals surface area contributed by atoms with Crippen LogP contribution in [0.4, 0.5) is 0 Å². The highest BCUT2D eigenvalue weighted by Gasteiger charge is 2.45. The van der Waals surface area contributed by atoms with E-state index >= 15 is 0 Å². The van der Waals surface area contributed by atoms with Crippen molar-refractivity contribution in [2.24, 2.45) is 0 Å². The molecule has 176 valence electrons. The number of aliphatic hydroxyl groups is 4. The topological polar surface area (TPSA) is 99.4 Å². The molecule has 2 unspecified atom stereocenters. The number of rotatable bonds is 6. The van der Waals surface area contributed by atoms with Crippen molar-refractivity contribution in [1.29, 1.82) is 0 Å². The maximum Gasteiger partial charge on any atom is 0.125 e. The lowest BCUT2D eigenvalue weighted by Gasteiger charge is -2.40. The minimum absolute atomic E-state index is 0.113. The van der Waals surface area contributed by atoms with Crippen molar-refractivity contribution in [1.82, 2.24) is 0 Å². The Balaban J connectivity index is 1.48. The largest absolute Gasteiger partial charge is 0.490 e. The number of hydrogen-bond acceptors (Lipinski definition) is 7. The Hall–Kier alpha value is -2.00. The summed E-state index contributed by atoms with van der Waals surface area (Å²) in [5.41, 5.74) is 1.67. The molecule has 33 heavy (non-hydrogen) atoms. The zero-order valence-electron chi connectivity index (χ0n) is 18.3. The van der Waals surface area contributed by atoms with Gasteiger partial charge in [-0.1, -0.05) is 24.3 Å². The van der Waals surface area contributed by atoms with Crippen LogP contribution in [0, 0.1) is 0 Å². The van der Waals surface area contributed by atoms with Crippen LogP contribution in [-0.2, 0) is 11.2 Å². The van der Waals surface area contributed by atoms with E-state index < -0.39 is 37.1 Å². The monoisotopic (exact) mass is 470 g/mol. The van der Waals surface area contributed by atoms with Gasteiger partial charge in [-0.15, -0.1) is 11.3 Å². The lowest BCUT2D eigenvalue weighted by atomic mass is 9.90. The molecule has 2 aliphatic rings. The second-order valence-corrected chi connectivity index (χ2v) is 10.2. The van der Waals surface area contributed by atoms with E-state index in [1.165, 1.54) is 15.0 Å². The van der Waals surface area contributed by atoms with Crippen LogP contribution in [0.15, 0.2) is 48.5 Å². The molecule has 0 bridgehead atoms. The Kier molecular flexibility index (Phi) is 6.69. The standard InChI is InChI=1S/C26H30O6S/c27-14-21-23(28)24(29)25(30)26(32-21)19-12-15(9-10-20(19)31-17-6-2-3-7-17)11-18-13-16-5-1-4-8-22(16)33-18/h1,4-5,8-10,12-13,17,21,23-30H,2-3,6-7,11,14H2/t21?,23-,24+,25-,26?/m1/s1. The van der Waals surface area contributed by atoms with Gasteiger partial charge in [-0.3, -0.25) is 0 Å². The Bertz CT molecular complexity index is 1060. The number of benzene rings is 2. The van der Waals surface area contributed by atoms with Crippen molar-refractivity contribution < 1.29 is 29.9 Å². The SMILES string of the molecule is OCC1OC(c2cc(Cc3cc4ccccc4s3)ccc2OC2CCCC2)[C@H](O)[C@@H](O)[C@@H]1O. The third kappa shape index (κ3) is 4.67. The van der Waals surface area contributed by atoms with Crippen LogP contribution in [0.25, 0.3) is 10.1 Å². The third-order valence-electron chi connectivity index (χ3n) is 6.72. The highest BCUT2D eigenvalue weighted by atomic mass is 32.1. The summed E-state index contributed by atoms with van der Waals surface area (Å²) in [6, 6.07) is 16.4. The van der Waals surface area contributed by atoms with E-state index in [4.69, 9.17) is 9.47 Å². The lowest BCUT2D eigenvalue weighted by molar-refractivity contribution is -0.232. The first-order chi connectivity index (χ1) is 16.0. The van der Waals surface area contributed by atoms with Gasteiger partial charge in [0.05, 0.1) is 12.7 Å². The first kappa shape index (κ1) is 22.8. The molecule has 6 nitrogen and oxygen atoms in total. The zero-order valence-corrected chi connectivity index (χ0v) is 19.2. The predicted molar refractivity (Wildman–Crippen MR) is 127 cm³/mol. The Morgan fingerprint density at radius 3 is 2.48 bits per heavy atom. The normalized spacial score (nSPS) is 28.4. The van der Waals surface area contributed by atoms with Gasteiger partial charge in [0.25, 0.3) is 0 Å². The van der Waals surface area contributed by atoms with Crippen molar-refractivity contribution >= 4 is 21.4 Å².